The van der Waals surface area contributed by atoms with Gasteiger partial charge in [0.15, 0.2) is 5.75 Å². The number of benzene rings is 2. The van der Waals surface area contributed by atoms with Crippen LogP contribution in [0, 0.1) is 23.2 Å². The highest BCUT2D eigenvalue weighted by Gasteiger charge is 2.29. The van der Waals surface area contributed by atoms with Crippen molar-refractivity contribution in [3.63, 3.8) is 0 Å². The van der Waals surface area contributed by atoms with E-state index in [0.717, 1.165) is 12.7 Å². The molecule has 9 nitrogen and oxygen atoms in total. The minimum absolute atomic E-state index is 0.102. The van der Waals surface area contributed by atoms with Crippen LogP contribution in [0.1, 0.15) is 27.9 Å². The van der Waals surface area contributed by atoms with Crippen molar-refractivity contribution in [3.8, 4) is 5.75 Å². The molecule has 0 saturated carbocycles. The Bertz CT molecular complexity index is 1100. The van der Waals surface area contributed by atoms with E-state index in [1.54, 1.807) is 25.1 Å². The Morgan fingerprint density at radius 3 is 2.59 bits per heavy atom. The number of anilines is 2. The van der Waals surface area contributed by atoms with Gasteiger partial charge in [-0.25, -0.2) is 0 Å². The molecule has 2 aromatic rings. The SMILES string of the molecule is Cc1cc(N2CCC(NC(=O)c3ccc(N(C=N)C=N)cc3Cl)C2)c(O)c(C(=N)N)c1Cl. The lowest BCUT2D eigenvalue weighted by Gasteiger charge is -2.23. The molecule has 1 aliphatic heterocycles. The quantitative estimate of drug-likeness (QED) is 0.267. The number of amides is 1. The van der Waals surface area contributed by atoms with Crippen molar-refractivity contribution in [2.75, 3.05) is 22.9 Å². The number of hydrogen-bond acceptors (Lipinski definition) is 6. The van der Waals surface area contributed by atoms with Crippen LogP contribution < -0.4 is 20.9 Å². The molecule has 3 rings (SSSR count). The number of aryl methyl sites for hydroxylation is 1. The van der Waals surface area contributed by atoms with Crippen LogP contribution in [0.4, 0.5) is 11.4 Å². The summed E-state index contributed by atoms with van der Waals surface area (Å²) < 4.78 is 0. The molecule has 11 heteroatoms. The zero-order valence-corrected chi connectivity index (χ0v) is 18.8. The number of phenols is 1. The molecule has 1 heterocycles. The highest BCUT2D eigenvalue weighted by molar-refractivity contribution is 6.35. The van der Waals surface area contributed by atoms with Crippen molar-refractivity contribution >= 4 is 59.0 Å². The van der Waals surface area contributed by atoms with Gasteiger partial charge in [-0.05, 0) is 43.2 Å². The molecule has 1 fully saturated rings. The molecule has 1 atom stereocenters. The summed E-state index contributed by atoms with van der Waals surface area (Å²) in [6.07, 6.45) is 2.58. The minimum atomic E-state index is -0.342. The highest BCUT2D eigenvalue weighted by atomic mass is 35.5. The third-order valence-corrected chi connectivity index (χ3v) is 6.11. The maximum atomic E-state index is 12.8. The van der Waals surface area contributed by atoms with Crippen LogP contribution in [0.3, 0.4) is 0 Å². The number of aromatic hydroxyl groups is 1. The van der Waals surface area contributed by atoms with Crippen molar-refractivity contribution in [3.05, 3.63) is 51.0 Å². The summed E-state index contributed by atoms with van der Waals surface area (Å²) in [7, 11) is 0. The zero-order valence-electron chi connectivity index (χ0n) is 17.2. The predicted molar refractivity (Wildman–Crippen MR) is 128 cm³/mol. The Morgan fingerprint density at radius 2 is 2.00 bits per heavy atom. The molecular formula is C21H23Cl2N7O2. The molecule has 32 heavy (non-hydrogen) atoms. The summed E-state index contributed by atoms with van der Waals surface area (Å²) in [6.45, 7) is 2.80. The Labute approximate surface area is 195 Å². The average Bonchev–Trinajstić information content (AvgIpc) is 3.19. The molecule has 0 aliphatic carbocycles. The third kappa shape index (κ3) is 4.49. The normalized spacial score (nSPS) is 15.3. The first kappa shape index (κ1) is 23.4. The zero-order chi connectivity index (χ0) is 23.6. The van der Waals surface area contributed by atoms with Gasteiger partial charge in [0, 0.05) is 24.8 Å². The van der Waals surface area contributed by atoms with Crippen molar-refractivity contribution < 1.29 is 9.90 Å². The first-order chi connectivity index (χ1) is 15.2. The number of nitrogen functional groups attached to an aromatic ring is 1. The van der Waals surface area contributed by atoms with Crippen LogP contribution >= 0.6 is 23.2 Å². The van der Waals surface area contributed by atoms with Gasteiger partial charge in [0.2, 0.25) is 0 Å². The van der Waals surface area contributed by atoms with E-state index in [1.165, 1.54) is 11.0 Å². The fourth-order valence-electron chi connectivity index (χ4n) is 3.65. The summed E-state index contributed by atoms with van der Waals surface area (Å²) in [5.41, 5.74) is 7.68. The van der Waals surface area contributed by atoms with Crippen molar-refractivity contribution in [1.82, 2.24) is 5.32 Å². The van der Waals surface area contributed by atoms with Crippen LogP contribution in [0.15, 0.2) is 24.3 Å². The van der Waals surface area contributed by atoms with Gasteiger partial charge >= 0.3 is 0 Å². The van der Waals surface area contributed by atoms with Crippen molar-refractivity contribution in [2.45, 2.75) is 19.4 Å². The molecule has 1 unspecified atom stereocenters. The smallest absolute Gasteiger partial charge is 0.253 e. The van der Waals surface area contributed by atoms with Gasteiger partial charge in [-0.15, -0.1) is 0 Å². The average molecular weight is 476 g/mol. The second-order valence-corrected chi connectivity index (χ2v) is 8.18. The van der Waals surface area contributed by atoms with Crippen LogP contribution in [-0.2, 0) is 0 Å². The molecule has 0 spiro atoms. The van der Waals surface area contributed by atoms with E-state index in [1.807, 2.05) is 4.90 Å². The fourth-order valence-corrected chi connectivity index (χ4v) is 4.15. The van der Waals surface area contributed by atoms with Crippen LogP contribution in [0.25, 0.3) is 0 Å². The van der Waals surface area contributed by atoms with E-state index in [4.69, 9.17) is 45.2 Å². The summed E-state index contributed by atoms with van der Waals surface area (Å²) in [4.78, 5) is 15.9. The monoisotopic (exact) mass is 475 g/mol. The number of nitrogens with one attached hydrogen (secondary N) is 4. The van der Waals surface area contributed by atoms with Crippen LogP contribution in [0.2, 0.25) is 10.0 Å². The Morgan fingerprint density at radius 1 is 1.31 bits per heavy atom. The maximum absolute atomic E-state index is 12.8. The van der Waals surface area contributed by atoms with Crippen LogP contribution in [-0.4, -0.2) is 48.7 Å². The second kappa shape index (κ2) is 9.46. The number of hydrogen-bond donors (Lipinski definition) is 6. The second-order valence-electron chi connectivity index (χ2n) is 7.40. The number of phenolic OH excluding ortho intramolecular Hbond substituents is 1. The standard InChI is InChI=1S/C21H23Cl2N7O2/c1-11-6-16(19(31)17(18(11)23)20(26)27)29-5-4-12(8-29)28-21(32)14-3-2-13(7-15(14)22)30(9-24)10-25/h2-3,6-7,9-10,12,24-25,31H,4-5,8H2,1H3,(H3,26,27)(H,28,32). The van der Waals surface area contributed by atoms with Gasteiger partial charge in [-0.1, -0.05) is 23.2 Å². The number of nitrogens with zero attached hydrogens (tertiary/aromatic N) is 2. The molecule has 0 bridgehead atoms. The third-order valence-electron chi connectivity index (χ3n) is 5.31. The van der Waals surface area contributed by atoms with Gasteiger partial charge in [0.25, 0.3) is 5.91 Å². The van der Waals surface area contributed by atoms with Gasteiger partial charge in [0.05, 0.1) is 39.5 Å². The molecule has 1 aliphatic rings. The molecular weight excluding hydrogens is 453 g/mol. The first-order valence-electron chi connectivity index (χ1n) is 9.69. The fraction of sp³-hybridized carbons (Fsp3) is 0.238. The summed E-state index contributed by atoms with van der Waals surface area (Å²) in [5.74, 6) is -0.810. The van der Waals surface area contributed by atoms with Gasteiger partial charge in [0.1, 0.15) is 5.84 Å². The van der Waals surface area contributed by atoms with E-state index in [2.05, 4.69) is 5.32 Å². The minimum Gasteiger partial charge on any atom is -0.505 e. The number of rotatable bonds is 7. The Hall–Kier alpha value is -3.30. The molecule has 168 valence electrons. The number of amidine groups is 1. The summed E-state index contributed by atoms with van der Waals surface area (Å²) >= 11 is 12.5. The lowest BCUT2D eigenvalue weighted by molar-refractivity contribution is 0.0940. The Kier molecular flexibility index (Phi) is 6.90. The van der Waals surface area contributed by atoms with Gasteiger partial charge in [-0.3, -0.25) is 25.9 Å². The molecule has 1 saturated heterocycles. The Balaban J connectivity index is 1.75. The molecule has 0 radical (unpaired) electrons. The van der Waals surface area contributed by atoms with Gasteiger partial charge in [-0.2, -0.15) is 0 Å². The van der Waals surface area contributed by atoms with E-state index in [9.17, 15) is 9.90 Å². The molecule has 0 aromatic heterocycles. The molecule has 1 amide bonds. The number of halogens is 2. The van der Waals surface area contributed by atoms with E-state index < -0.39 is 0 Å². The summed E-state index contributed by atoms with van der Waals surface area (Å²) in [5, 5.41) is 36.3. The van der Waals surface area contributed by atoms with E-state index >= 15 is 0 Å². The van der Waals surface area contributed by atoms with Crippen molar-refractivity contribution in [1.29, 1.82) is 16.2 Å². The lowest BCUT2D eigenvalue weighted by Crippen LogP contribution is -2.37. The topological polar surface area (TPSA) is 153 Å². The van der Waals surface area contributed by atoms with E-state index in [0.29, 0.717) is 36.4 Å². The summed E-state index contributed by atoms with van der Waals surface area (Å²) in [6, 6.07) is 6.23. The molecule has 7 N–H and O–H groups in total. The first-order valence-corrected chi connectivity index (χ1v) is 10.4. The van der Waals surface area contributed by atoms with Crippen molar-refractivity contribution in [2.24, 2.45) is 5.73 Å². The number of carbonyl (C=O) groups is 1. The van der Waals surface area contributed by atoms with E-state index in [-0.39, 0.29) is 44.7 Å². The lowest BCUT2D eigenvalue weighted by atomic mass is 10.1. The maximum Gasteiger partial charge on any atom is 0.253 e. The largest absolute Gasteiger partial charge is 0.505 e. The predicted octanol–water partition coefficient (Wildman–Crippen LogP) is 3.32. The number of nitrogens with two attached hydrogens (primary N) is 1. The molecule has 2 aromatic carbocycles. The van der Waals surface area contributed by atoms with Gasteiger partial charge < -0.3 is 21.1 Å². The highest BCUT2D eigenvalue weighted by Crippen LogP contribution is 2.39. The number of carbonyl (C=O) groups excluding carboxylic acids is 1. The van der Waals surface area contributed by atoms with Crippen LogP contribution in [0.5, 0.6) is 5.75 Å².